The van der Waals surface area contributed by atoms with E-state index in [1.54, 1.807) is 6.07 Å². The van der Waals surface area contributed by atoms with E-state index in [1.165, 1.54) is 17.5 Å². The summed E-state index contributed by atoms with van der Waals surface area (Å²) in [4.78, 5) is 0.351. The molecule has 2 aromatic carbocycles. The minimum atomic E-state index is -3.55. The van der Waals surface area contributed by atoms with Crippen LogP contribution in [0.4, 0.5) is 0 Å². The lowest BCUT2D eigenvalue weighted by Gasteiger charge is -2.17. The van der Waals surface area contributed by atoms with Gasteiger partial charge in [-0.1, -0.05) is 29.8 Å². The highest BCUT2D eigenvalue weighted by atomic mass is 35.5. The quantitative estimate of drug-likeness (QED) is 0.643. The van der Waals surface area contributed by atoms with Gasteiger partial charge in [-0.25, -0.2) is 13.1 Å². The predicted molar refractivity (Wildman–Crippen MR) is 112 cm³/mol. The summed E-state index contributed by atoms with van der Waals surface area (Å²) in [7, 11) is -3.55. The number of hydrogen-bond acceptors (Lipinski definition) is 2. The third-order valence-corrected chi connectivity index (χ3v) is 6.91. The van der Waals surface area contributed by atoms with Crippen LogP contribution < -0.4 is 4.72 Å². The molecule has 0 amide bonds. The van der Waals surface area contributed by atoms with Gasteiger partial charge in [-0.05, 0) is 78.8 Å². The molecule has 0 saturated heterocycles. The van der Waals surface area contributed by atoms with E-state index in [0.29, 0.717) is 16.5 Å². The molecule has 6 heteroatoms. The van der Waals surface area contributed by atoms with E-state index in [1.807, 2.05) is 59.3 Å². The summed E-state index contributed by atoms with van der Waals surface area (Å²) in [6, 6.07) is 17.1. The van der Waals surface area contributed by atoms with Gasteiger partial charge >= 0.3 is 0 Å². The third kappa shape index (κ3) is 4.32. The Morgan fingerprint density at radius 2 is 1.71 bits per heavy atom. The molecular formula is C22H23ClN2O2S. The van der Waals surface area contributed by atoms with E-state index >= 15 is 0 Å². The highest BCUT2D eigenvalue weighted by molar-refractivity contribution is 7.89. The summed E-state index contributed by atoms with van der Waals surface area (Å²) in [5, 5.41) is 0.703. The smallest absolute Gasteiger partial charge is 0.240 e. The second kappa shape index (κ2) is 8.11. The number of sulfonamides is 1. The Morgan fingerprint density at radius 3 is 2.50 bits per heavy atom. The molecule has 1 aromatic heterocycles. The van der Waals surface area contributed by atoms with Crippen LogP contribution in [0.1, 0.15) is 35.2 Å². The van der Waals surface area contributed by atoms with E-state index in [-0.39, 0.29) is 6.54 Å². The van der Waals surface area contributed by atoms with Crippen LogP contribution >= 0.6 is 11.6 Å². The van der Waals surface area contributed by atoms with Crippen molar-refractivity contribution in [2.45, 2.75) is 43.7 Å². The summed E-state index contributed by atoms with van der Waals surface area (Å²) < 4.78 is 30.4. The van der Waals surface area contributed by atoms with Gasteiger partial charge in [-0.3, -0.25) is 0 Å². The highest BCUT2D eigenvalue weighted by Crippen LogP contribution is 2.24. The average molecular weight is 415 g/mol. The molecule has 0 aliphatic heterocycles. The topological polar surface area (TPSA) is 51.1 Å². The van der Waals surface area contributed by atoms with Gasteiger partial charge in [0.05, 0.1) is 11.4 Å². The van der Waals surface area contributed by atoms with Gasteiger partial charge in [-0.2, -0.15) is 0 Å². The molecule has 0 unspecified atom stereocenters. The van der Waals surface area contributed by atoms with Crippen LogP contribution in [0, 0.1) is 0 Å². The number of benzene rings is 2. The molecular weight excluding hydrogens is 392 g/mol. The molecule has 3 aromatic rings. The molecule has 0 bridgehead atoms. The largest absolute Gasteiger partial charge is 0.346 e. The van der Waals surface area contributed by atoms with Gasteiger partial charge in [0.1, 0.15) is 0 Å². The molecule has 1 aliphatic rings. The minimum absolute atomic E-state index is 0.250. The van der Waals surface area contributed by atoms with Gasteiger partial charge in [0, 0.05) is 23.5 Å². The fourth-order valence-corrected chi connectivity index (χ4v) is 4.86. The monoisotopic (exact) mass is 414 g/mol. The van der Waals surface area contributed by atoms with Crippen LogP contribution in [0.25, 0.3) is 0 Å². The standard InChI is InChI=1S/C22H23ClN2O2S/c23-20-10-7-17(8-11-20)16-25-13-3-6-21(25)15-24-28(26,27)22-12-9-18-4-1-2-5-19(18)14-22/h3,6-14,24H,1-2,4-5,15-16H2. The van der Waals surface area contributed by atoms with Crippen LogP contribution in [0.5, 0.6) is 0 Å². The van der Waals surface area contributed by atoms with E-state index < -0.39 is 10.0 Å². The van der Waals surface area contributed by atoms with Crippen molar-refractivity contribution in [3.63, 3.8) is 0 Å². The van der Waals surface area contributed by atoms with Gasteiger partial charge < -0.3 is 4.57 Å². The lowest BCUT2D eigenvalue weighted by Crippen LogP contribution is -2.25. The Kier molecular flexibility index (Phi) is 5.58. The lowest BCUT2D eigenvalue weighted by atomic mass is 9.92. The maximum atomic E-state index is 12.8. The number of halogens is 1. The van der Waals surface area contributed by atoms with Gasteiger partial charge in [0.2, 0.25) is 10.0 Å². The van der Waals surface area contributed by atoms with E-state index in [4.69, 9.17) is 11.6 Å². The van der Waals surface area contributed by atoms with Crippen molar-refractivity contribution in [2.24, 2.45) is 0 Å². The van der Waals surface area contributed by atoms with Crippen molar-refractivity contribution < 1.29 is 8.42 Å². The van der Waals surface area contributed by atoms with Crippen molar-refractivity contribution >= 4 is 21.6 Å². The van der Waals surface area contributed by atoms with Gasteiger partial charge in [0.25, 0.3) is 0 Å². The van der Waals surface area contributed by atoms with Gasteiger partial charge in [-0.15, -0.1) is 0 Å². The molecule has 0 spiro atoms. The first-order valence-corrected chi connectivity index (χ1v) is 11.4. The SMILES string of the molecule is O=S(=O)(NCc1cccn1Cc1ccc(Cl)cc1)c1ccc2c(c1)CCCC2. The number of hydrogen-bond donors (Lipinski definition) is 1. The Hall–Kier alpha value is -2.08. The Labute approximate surface area is 171 Å². The van der Waals surface area contributed by atoms with Crippen LogP contribution in [0.2, 0.25) is 5.02 Å². The molecule has 0 atom stereocenters. The van der Waals surface area contributed by atoms with Crippen LogP contribution in [0.15, 0.2) is 65.7 Å². The van der Waals surface area contributed by atoms with E-state index in [9.17, 15) is 8.42 Å². The third-order valence-electron chi connectivity index (χ3n) is 5.26. The second-order valence-corrected chi connectivity index (χ2v) is 9.42. The zero-order valence-electron chi connectivity index (χ0n) is 15.6. The summed E-state index contributed by atoms with van der Waals surface area (Å²) >= 11 is 5.94. The predicted octanol–water partition coefficient (Wildman–Crippen LogP) is 4.55. The highest BCUT2D eigenvalue weighted by Gasteiger charge is 2.18. The lowest BCUT2D eigenvalue weighted by molar-refractivity contribution is 0.577. The number of fused-ring (bicyclic) bond motifs is 1. The molecule has 1 N–H and O–H groups in total. The van der Waals surface area contributed by atoms with Crippen molar-refractivity contribution in [2.75, 3.05) is 0 Å². The number of nitrogens with one attached hydrogen (secondary N) is 1. The molecule has 4 nitrogen and oxygen atoms in total. The summed E-state index contributed by atoms with van der Waals surface area (Å²) in [5.41, 5.74) is 4.47. The minimum Gasteiger partial charge on any atom is -0.346 e. The van der Waals surface area contributed by atoms with Crippen molar-refractivity contribution in [1.29, 1.82) is 0 Å². The van der Waals surface area contributed by atoms with Crippen LogP contribution in [-0.2, 0) is 36.0 Å². The molecule has 1 aliphatic carbocycles. The van der Waals surface area contributed by atoms with Gasteiger partial charge in [0.15, 0.2) is 0 Å². The molecule has 1 heterocycles. The Bertz CT molecular complexity index is 1070. The zero-order chi connectivity index (χ0) is 19.6. The maximum absolute atomic E-state index is 12.8. The summed E-state index contributed by atoms with van der Waals surface area (Å²) in [6.45, 7) is 0.917. The van der Waals surface area contributed by atoms with Crippen molar-refractivity contribution in [3.8, 4) is 0 Å². The Morgan fingerprint density at radius 1 is 0.964 bits per heavy atom. The fraction of sp³-hybridized carbons (Fsp3) is 0.273. The first kappa shape index (κ1) is 19.2. The summed E-state index contributed by atoms with van der Waals surface area (Å²) in [5.74, 6) is 0. The number of aryl methyl sites for hydroxylation is 2. The van der Waals surface area contributed by atoms with Crippen molar-refractivity contribution in [3.05, 3.63) is 88.2 Å². The molecule has 146 valence electrons. The molecule has 0 radical (unpaired) electrons. The zero-order valence-corrected chi connectivity index (χ0v) is 17.1. The number of rotatable bonds is 6. The van der Waals surface area contributed by atoms with Crippen molar-refractivity contribution in [1.82, 2.24) is 9.29 Å². The first-order chi connectivity index (χ1) is 13.5. The van der Waals surface area contributed by atoms with E-state index in [2.05, 4.69) is 4.72 Å². The fourth-order valence-electron chi connectivity index (χ4n) is 3.68. The van der Waals surface area contributed by atoms with Crippen LogP contribution in [-0.4, -0.2) is 13.0 Å². The normalized spacial score (nSPS) is 14.0. The molecule has 0 saturated carbocycles. The molecule has 28 heavy (non-hydrogen) atoms. The van der Waals surface area contributed by atoms with Crippen LogP contribution in [0.3, 0.4) is 0 Å². The number of aromatic nitrogens is 1. The average Bonchev–Trinajstić information content (AvgIpc) is 3.15. The first-order valence-electron chi connectivity index (χ1n) is 9.51. The molecule has 4 rings (SSSR count). The molecule has 0 fully saturated rings. The summed E-state index contributed by atoms with van der Waals surface area (Å²) in [6.07, 6.45) is 6.27. The number of nitrogens with zero attached hydrogens (tertiary/aromatic N) is 1. The second-order valence-electron chi connectivity index (χ2n) is 7.22. The maximum Gasteiger partial charge on any atom is 0.240 e. The van der Waals surface area contributed by atoms with E-state index in [0.717, 1.165) is 30.5 Å². The Balaban J connectivity index is 1.47.